The minimum Gasteiger partial charge on any atom is -0.0613 e. The van der Waals surface area contributed by atoms with Crippen molar-refractivity contribution in [3.8, 4) is 11.1 Å². The Bertz CT molecular complexity index is 1640. The van der Waals surface area contributed by atoms with E-state index in [1.54, 1.807) is 0 Å². The Hall–Kier alpha value is -3.64. The fourth-order valence-electron chi connectivity index (χ4n) is 6.67. The van der Waals surface area contributed by atoms with Crippen molar-refractivity contribution in [1.29, 1.82) is 0 Å². The molecule has 0 atom stereocenters. The van der Waals surface area contributed by atoms with Crippen molar-refractivity contribution in [3.63, 3.8) is 0 Å². The van der Waals surface area contributed by atoms with Crippen LogP contribution in [0.2, 0.25) is 0 Å². The third-order valence-corrected chi connectivity index (χ3v) is 8.90. The molecule has 0 bridgehead atoms. The first kappa shape index (κ1) is 25.6. The van der Waals surface area contributed by atoms with E-state index in [0.29, 0.717) is 0 Å². The Morgan fingerprint density at radius 2 is 1.05 bits per heavy atom. The maximum absolute atomic E-state index is 2.44. The zero-order valence-corrected chi connectivity index (χ0v) is 24.7. The third-order valence-electron chi connectivity index (χ3n) is 8.90. The molecule has 0 fully saturated rings. The second-order valence-corrected chi connectivity index (χ2v) is 13.6. The minimum atomic E-state index is -0.422. The van der Waals surface area contributed by atoms with E-state index in [1.165, 1.54) is 66.4 Å². The van der Waals surface area contributed by atoms with Crippen LogP contribution in [0.4, 0.5) is 0 Å². The smallest absolute Gasteiger partial charge is 0.0613 e. The van der Waals surface area contributed by atoms with E-state index in [4.69, 9.17) is 0 Å². The van der Waals surface area contributed by atoms with Crippen LogP contribution in [0.3, 0.4) is 0 Å². The zero-order valence-electron chi connectivity index (χ0n) is 24.7. The van der Waals surface area contributed by atoms with Crippen LogP contribution in [0.5, 0.6) is 0 Å². The van der Waals surface area contributed by atoms with Crippen LogP contribution in [0.25, 0.3) is 21.9 Å². The normalized spacial score (nSPS) is 14.4. The van der Waals surface area contributed by atoms with Gasteiger partial charge in [0.1, 0.15) is 0 Å². The number of hydrogen-bond donors (Lipinski definition) is 0. The van der Waals surface area contributed by atoms with Crippen molar-refractivity contribution < 1.29 is 0 Å². The van der Waals surface area contributed by atoms with Crippen molar-refractivity contribution >= 4 is 10.8 Å². The Morgan fingerprint density at radius 3 is 1.59 bits per heavy atom. The van der Waals surface area contributed by atoms with Crippen molar-refractivity contribution in [2.45, 2.75) is 71.6 Å². The highest BCUT2D eigenvalue weighted by Crippen LogP contribution is 2.56. The lowest BCUT2D eigenvalue weighted by Gasteiger charge is -2.43. The van der Waals surface area contributed by atoms with Crippen molar-refractivity contribution in [2.75, 3.05) is 0 Å². The minimum absolute atomic E-state index is 0.102. The van der Waals surface area contributed by atoms with Gasteiger partial charge in [0.15, 0.2) is 0 Å². The summed E-state index contributed by atoms with van der Waals surface area (Å²) < 4.78 is 0. The summed E-state index contributed by atoms with van der Waals surface area (Å²) in [6.07, 6.45) is 0. The molecule has 196 valence electrons. The Morgan fingerprint density at radius 1 is 0.513 bits per heavy atom. The molecule has 0 nitrogen and oxygen atoms in total. The summed E-state index contributed by atoms with van der Waals surface area (Å²) >= 11 is 0. The standard InChI is InChI=1S/C39H40/c1-25-12-22-32-33-23-13-26(2)31-10-9-11-34(36(31)33)39(35(32)24-25,29-18-14-27(15-19-29)37(3,4)5)30-20-16-28(17-21-30)38(6,7)8/h9-24H,1-8H3. The predicted molar refractivity (Wildman–Crippen MR) is 168 cm³/mol. The lowest BCUT2D eigenvalue weighted by molar-refractivity contribution is 0.588. The Labute approximate surface area is 234 Å². The summed E-state index contributed by atoms with van der Waals surface area (Å²) in [5.74, 6) is 0. The van der Waals surface area contributed by atoms with Crippen molar-refractivity contribution in [2.24, 2.45) is 0 Å². The van der Waals surface area contributed by atoms with Gasteiger partial charge in [-0.2, -0.15) is 0 Å². The monoisotopic (exact) mass is 508 g/mol. The molecule has 0 spiro atoms. The second kappa shape index (κ2) is 8.68. The van der Waals surface area contributed by atoms with E-state index in [1.807, 2.05) is 0 Å². The largest absolute Gasteiger partial charge is 0.0713 e. The highest BCUT2D eigenvalue weighted by molar-refractivity contribution is 6.06. The van der Waals surface area contributed by atoms with Crippen LogP contribution in [-0.2, 0) is 16.2 Å². The topological polar surface area (TPSA) is 0 Å². The molecule has 5 aromatic carbocycles. The molecule has 5 aromatic rings. The molecule has 1 aliphatic rings. The average Bonchev–Trinajstić information content (AvgIpc) is 2.90. The second-order valence-electron chi connectivity index (χ2n) is 13.6. The molecule has 0 unspecified atom stereocenters. The molecule has 6 rings (SSSR count). The highest BCUT2D eigenvalue weighted by Gasteiger charge is 2.44. The third kappa shape index (κ3) is 3.88. The molecule has 0 heteroatoms. The first-order valence-corrected chi connectivity index (χ1v) is 14.3. The molecule has 39 heavy (non-hydrogen) atoms. The highest BCUT2D eigenvalue weighted by atomic mass is 14.5. The molecule has 0 saturated heterocycles. The van der Waals surface area contributed by atoms with Gasteiger partial charge in [-0.25, -0.2) is 0 Å². The van der Waals surface area contributed by atoms with Gasteiger partial charge in [0.05, 0.1) is 5.41 Å². The lowest BCUT2D eigenvalue weighted by Crippen LogP contribution is -2.34. The van der Waals surface area contributed by atoms with Crippen LogP contribution in [-0.4, -0.2) is 0 Å². The fraction of sp³-hybridized carbons (Fsp3) is 0.282. The van der Waals surface area contributed by atoms with Gasteiger partial charge in [0.25, 0.3) is 0 Å². The maximum Gasteiger partial charge on any atom is 0.0713 e. The fourth-order valence-corrected chi connectivity index (χ4v) is 6.67. The quantitative estimate of drug-likeness (QED) is 0.218. The SMILES string of the molecule is Cc1ccc2c(c1)C(c1ccc(C(C)(C)C)cc1)(c1ccc(C(C)(C)C)cc1)c1cccc3c(C)ccc-2c13. The molecule has 0 saturated carbocycles. The van der Waals surface area contributed by atoms with Gasteiger partial charge < -0.3 is 0 Å². The summed E-state index contributed by atoms with van der Waals surface area (Å²) in [6, 6.07) is 37.6. The summed E-state index contributed by atoms with van der Waals surface area (Å²) in [4.78, 5) is 0. The predicted octanol–water partition coefficient (Wildman–Crippen LogP) is 10.4. The van der Waals surface area contributed by atoms with E-state index < -0.39 is 5.41 Å². The number of aryl methyl sites for hydroxylation is 2. The molecule has 1 aliphatic carbocycles. The van der Waals surface area contributed by atoms with Gasteiger partial charge in [-0.1, -0.05) is 144 Å². The number of hydrogen-bond acceptors (Lipinski definition) is 0. The van der Waals surface area contributed by atoms with Gasteiger partial charge in [0, 0.05) is 0 Å². The van der Waals surface area contributed by atoms with Crippen LogP contribution >= 0.6 is 0 Å². The molecule has 0 aliphatic heterocycles. The van der Waals surface area contributed by atoms with E-state index in [2.05, 4.69) is 152 Å². The number of fused-ring (bicyclic) bond motifs is 2. The average molecular weight is 509 g/mol. The Balaban J connectivity index is 1.79. The lowest BCUT2D eigenvalue weighted by atomic mass is 9.59. The maximum atomic E-state index is 2.44. The van der Waals surface area contributed by atoms with Crippen LogP contribution in [0.1, 0.15) is 86.1 Å². The number of benzene rings is 5. The van der Waals surface area contributed by atoms with Crippen molar-refractivity contribution in [3.05, 3.63) is 142 Å². The van der Waals surface area contributed by atoms with Crippen molar-refractivity contribution in [1.82, 2.24) is 0 Å². The summed E-state index contributed by atoms with van der Waals surface area (Å²) in [5.41, 5.74) is 13.2. The van der Waals surface area contributed by atoms with E-state index in [-0.39, 0.29) is 10.8 Å². The van der Waals surface area contributed by atoms with Gasteiger partial charge in [-0.15, -0.1) is 0 Å². The molecule has 0 heterocycles. The van der Waals surface area contributed by atoms with E-state index in [0.717, 1.165) is 0 Å². The Kier molecular flexibility index (Phi) is 5.71. The summed E-state index contributed by atoms with van der Waals surface area (Å²) in [5, 5.41) is 2.73. The number of rotatable bonds is 2. The van der Waals surface area contributed by atoms with Crippen LogP contribution < -0.4 is 0 Å². The molecule has 0 N–H and O–H groups in total. The van der Waals surface area contributed by atoms with Gasteiger partial charge in [0.2, 0.25) is 0 Å². The first-order chi connectivity index (χ1) is 18.4. The molecular weight excluding hydrogens is 468 g/mol. The van der Waals surface area contributed by atoms with Crippen LogP contribution in [0, 0.1) is 13.8 Å². The van der Waals surface area contributed by atoms with Crippen LogP contribution in [0.15, 0.2) is 97.1 Å². The van der Waals surface area contributed by atoms with Gasteiger partial charge in [-0.3, -0.25) is 0 Å². The summed E-state index contributed by atoms with van der Waals surface area (Å²) in [6.45, 7) is 18.2. The van der Waals surface area contributed by atoms with E-state index >= 15 is 0 Å². The molecule has 0 aromatic heterocycles. The molecular formula is C39H40. The zero-order chi connectivity index (χ0) is 27.7. The van der Waals surface area contributed by atoms with Gasteiger partial charge >= 0.3 is 0 Å². The van der Waals surface area contributed by atoms with E-state index in [9.17, 15) is 0 Å². The molecule has 0 radical (unpaired) electrons. The first-order valence-electron chi connectivity index (χ1n) is 14.3. The molecule has 0 amide bonds. The van der Waals surface area contributed by atoms with Gasteiger partial charge in [-0.05, 0) is 85.5 Å². The summed E-state index contributed by atoms with van der Waals surface area (Å²) in [7, 11) is 0.